The quantitative estimate of drug-likeness (QED) is 0.535. The van der Waals surface area contributed by atoms with Gasteiger partial charge in [-0.2, -0.15) is 24.9 Å². The first-order chi connectivity index (χ1) is 13.4. The fraction of sp³-hybridized carbons (Fsp3) is 0.611. The van der Waals surface area contributed by atoms with Crippen LogP contribution in [0, 0.1) is 0 Å². The molecule has 1 rings (SSSR count). The van der Waals surface area contributed by atoms with Gasteiger partial charge in [0, 0.05) is 18.7 Å². The number of rotatable bonds is 10. The standard InChI is InChI=1S/C18H25F3N2O5S/c1-17(2,3)28-16(26)23-12(15(24)25)7-10-29-11-8-13(18(19,20)21)27-14-6-4-5-9-22-14/h4-6,9,12-13H,7-8,10-11H2,1-3H3,(H,23,26)(H,24,25). The summed E-state index contributed by atoms with van der Waals surface area (Å²) in [5, 5.41) is 11.4. The zero-order valence-corrected chi connectivity index (χ0v) is 17.2. The van der Waals surface area contributed by atoms with Crippen LogP contribution in [0.15, 0.2) is 24.4 Å². The average molecular weight is 438 g/mol. The molecule has 0 radical (unpaired) electrons. The molecule has 2 unspecified atom stereocenters. The number of carbonyl (C=O) groups is 2. The van der Waals surface area contributed by atoms with Crippen LogP contribution in [-0.2, 0) is 9.53 Å². The van der Waals surface area contributed by atoms with Crippen LogP contribution in [0.3, 0.4) is 0 Å². The zero-order valence-electron chi connectivity index (χ0n) is 16.4. The molecule has 0 aliphatic heterocycles. The molecule has 2 atom stereocenters. The van der Waals surface area contributed by atoms with Gasteiger partial charge in [-0.1, -0.05) is 6.07 Å². The maximum absolute atomic E-state index is 13.1. The van der Waals surface area contributed by atoms with Gasteiger partial charge in [0.25, 0.3) is 0 Å². The van der Waals surface area contributed by atoms with Crippen LogP contribution in [0.2, 0.25) is 0 Å². The maximum atomic E-state index is 13.1. The fourth-order valence-electron chi connectivity index (χ4n) is 2.05. The van der Waals surface area contributed by atoms with Crippen LogP contribution in [0.1, 0.15) is 33.6 Å². The van der Waals surface area contributed by atoms with Gasteiger partial charge in [0.15, 0.2) is 6.10 Å². The molecule has 29 heavy (non-hydrogen) atoms. The van der Waals surface area contributed by atoms with Crippen molar-refractivity contribution in [2.45, 2.75) is 57.5 Å². The van der Waals surface area contributed by atoms with Crippen molar-refractivity contribution in [3.05, 3.63) is 24.4 Å². The molecule has 1 amide bonds. The van der Waals surface area contributed by atoms with Gasteiger partial charge in [-0.3, -0.25) is 0 Å². The highest BCUT2D eigenvalue weighted by atomic mass is 32.2. The van der Waals surface area contributed by atoms with Gasteiger partial charge >= 0.3 is 18.2 Å². The highest BCUT2D eigenvalue weighted by Crippen LogP contribution is 2.27. The summed E-state index contributed by atoms with van der Waals surface area (Å²) in [6.07, 6.45) is -6.38. The number of pyridine rings is 1. The van der Waals surface area contributed by atoms with Crippen molar-refractivity contribution in [3.8, 4) is 5.88 Å². The third-order valence-corrected chi connectivity index (χ3v) is 4.38. The van der Waals surface area contributed by atoms with Crippen molar-refractivity contribution in [1.82, 2.24) is 10.3 Å². The molecule has 11 heteroatoms. The number of thioether (sulfide) groups is 1. The lowest BCUT2D eigenvalue weighted by atomic mass is 10.2. The number of carbonyl (C=O) groups excluding carboxylic acids is 1. The predicted molar refractivity (Wildman–Crippen MR) is 102 cm³/mol. The molecule has 0 aliphatic carbocycles. The van der Waals surface area contributed by atoms with Crippen LogP contribution in [-0.4, -0.2) is 57.6 Å². The van der Waals surface area contributed by atoms with E-state index in [1.54, 1.807) is 26.8 Å². The Morgan fingerprint density at radius 1 is 1.21 bits per heavy atom. The summed E-state index contributed by atoms with van der Waals surface area (Å²) < 4.78 is 49.3. The molecule has 1 aromatic heterocycles. The van der Waals surface area contributed by atoms with Crippen LogP contribution >= 0.6 is 11.8 Å². The molecule has 0 saturated heterocycles. The molecule has 0 aromatic carbocycles. The molecular formula is C18H25F3N2O5S. The van der Waals surface area contributed by atoms with Crippen molar-refractivity contribution in [2.24, 2.45) is 0 Å². The lowest BCUT2D eigenvalue weighted by molar-refractivity contribution is -0.196. The molecule has 0 aliphatic rings. The SMILES string of the molecule is CC(C)(C)OC(=O)NC(CCSCCC(Oc1ccccn1)C(F)(F)F)C(=O)O. The lowest BCUT2D eigenvalue weighted by Crippen LogP contribution is -2.43. The molecule has 0 saturated carbocycles. The fourth-order valence-corrected chi connectivity index (χ4v) is 3.04. The second kappa shape index (κ2) is 11.1. The van der Waals surface area contributed by atoms with E-state index in [-0.39, 0.29) is 30.2 Å². The van der Waals surface area contributed by atoms with E-state index >= 15 is 0 Å². The molecule has 2 N–H and O–H groups in total. The van der Waals surface area contributed by atoms with Crippen molar-refractivity contribution in [1.29, 1.82) is 0 Å². The lowest BCUT2D eigenvalue weighted by Gasteiger charge is -2.22. The number of nitrogens with zero attached hydrogens (tertiary/aromatic N) is 1. The zero-order chi connectivity index (χ0) is 22.1. The third-order valence-electron chi connectivity index (χ3n) is 3.33. The number of aliphatic carboxylic acids is 1. The number of hydrogen-bond donors (Lipinski definition) is 2. The van der Waals surface area contributed by atoms with E-state index in [1.807, 2.05) is 0 Å². The van der Waals surface area contributed by atoms with E-state index < -0.39 is 36.0 Å². The van der Waals surface area contributed by atoms with Crippen molar-refractivity contribution < 1.29 is 37.3 Å². The van der Waals surface area contributed by atoms with E-state index in [9.17, 15) is 27.9 Å². The highest BCUT2D eigenvalue weighted by molar-refractivity contribution is 7.99. The number of alkyl halides is 3. The topological polar surface area (TPSA) is 97.8 Å². The van der Waals surface area contributed by atoms with Gasteiger partial charge in [0.2, 0.25) is 5.88 Å². The summed E-state index contributed by atoms with van der Waals surface area (Å²) in [6, 6.07) is 3.23. The molecular weight excluding hydrogens is 413 g/mol. The number of alkyl carbamates (subject to hydrolysis) is 1. The monoisotopic (exact) mass is 438 g/mol. The summed E-state index contributed by atoms with van der Waals surface area (Å²) in [4.78, 5) is 26.7. The normalized spacial score (nSPS) is 14.0. The minimum absolute atomic E-state index is 0.0387. The average Bonchev–Trinajstić information content (AvgIpc) is 2.57. The summed E-state index contributed by atoms with van der Waals surface area (Å²) in [6.45, 7) is 4.92. The Bertz CT molecular complexity index is 653. The van der Waals surface area contributed by atoms with Gasteiger partial charge in [-0.15, -0.1) is 0 Å². The first kappa shape index (κ1) is 24.9. The summed E-state index contributed by atoms with van der Waals surface area (Å²) >= 11 is 1.14. The Balaban J connectivity index is 2.44. The van der Waals surface area contributed by atoms with Crippen molar-refractivity contribution >= 4 is 23.8 Å². The number of halogens is 3. The Kier molecular flexibility index (Phi) is 9.54. The molecule has 7 nitrogen and oxygen atoms in total. The molecule has 164 valence electrons. The summed E-state index contributed by atoms with van der Waals surface area (Å²) in [7, 11) is 0. The molecule has 0 bridgehead atoms. The number of carboxylic acid groups (broad SMARTS) is 1. The van der Waals surface area contributed by atoms with E-state index in [0.717, 1.165) is 11.8 Å². The number of ether oxygens (including phenoxy) is 2. The molecule has 0 spiro atoms. The van der Waals surface area contributed by atoms with Crippen molar-refractivity contribution in [3.63, 3.8) is 0 Å². The third kappa shape index (κ3) is 10.8. The van der Waals surface area contributed by atoms with Crippen LogP contribution in [0.4, 0.5) is 18.0 Å². The smallest absolute Gasteiger partial charge is 0.425 e. The van der Waals surface area contributed by atoms with Crippen LogP contribution in [0.25, 0.3) is 0 Å². The number of carboxylic acids is 1. The molecule has 1 aromatic rings. The van der Waals surface area contributed by atoms with E-state index in [1.165, 1.54) is 18.3 Å². The van der Waals surface area contributed by atoms with Crippen molar-refractivity contribution in [2.75, 3.05) is 11.5 Å². The van der Waals surface area contributed by atoms with E-state index in [0.29, 0.717) is 0 Å². The Labute approximate surface area is 171 Å². The summed E-state index contributed by atoms with van der Waals surface area (Å²) in [5.74, 6) is -1.04. The Morgan fingerprint density at radius 2 is 1.86 bits per heavy atom. The second-order valence-corrected chi connectivity index (χ2v) is 8.27. The largest absolute Gasteiger partial charge is 0.480 e. The van der Waals surface area contributed by atoms with Crippen LogP contribution in [0.5, 0.6) is 5.88 Å². The van der Waals surface area contributed by atoms with E-state index in [4.69, 9.17) is 9.47 Å². The molecule has 1 heterocycles. The van der Waals surface area contributed by atoms with Gasteiger partial charge in [-0.25, -0.2) is 14.6 Å². The van der Waals surface area contributed by atoms with E-state index in [2.05, 4.69) is 10.3 Å². The number of amides is 1. The van der Waals surface area contributed by atoms with Gasteiger partial charge < -0.3 is 19.9 Å². The van der Waals surface area contributed by atoms with Gasteiger partial charge in [-0.05, 0) is 44.8 Å². The minimum atomic E-state index is -4.56. The van der Waals surface area contributed by atoms with Crippen LogP contribution < -0.4 is 10.1 Å². The second-order valence-electron chi connectivity index (χ2n) is 7.04. The first-order valence-electron chi connectivity index (χ1n) is 8.83. The number of aromatic nitrogens is 1. The van der Waals surface area contributed by atoms with Gasteiger partial charge in [0.1, 0.15) is 11.6 Å². The Morgan fingerprint density at radius 3 is 2.38 bits per heavy atom. The Hall–Kier alpha value is -2.17. The van der Waals surface area contributed by atoms with Gasteiger partial charge in [0.05, 0.1) is 0 Å². The minimum Gasteiger partial charge on any atom is -0.480 e. The summed E-state index contributed by atoms with van der Waals surface area (Å²) in [5.41, 5.74) is -0.776. The number of nitrogens with one attached hydrogen (secondary N) is 1. The predicted octanol–water partition coefficient (Wildman–Crippen LogP) is 3.88. The maximum Gasteiger partial charge on any atom is 0.425 e. The highest BCUT2D eigenvalue weighted by Gasteiger charge is 2.41. The number of hydrogen-bond acceptors (Lipinski definition) is 6. The molecule has 0 fully saturated rings. The first-order valence-corrected chi connectivity index (χ1v) is 9.98.